The van der Waals surface area contributed by atoms with E-state index in [1.165, 1.54) is 31.3 Å². The maximum absolute atomic E-state index is 13.1. The van der Waals surface area contributed by atoms with Gasteiger partial charge in [0.2, 0.25) is 5.91 Å². The molecule has 1 aromatic carbocycles. The standard InChI is InChI=1S/C16H19F3N4O/c1-10(12-6-4-5-7-13(12)16(17,18)19)22-15(24)14(20-2)11-8-21-23(3)9-11/h4-10,14,20H,1-3H3,(H,22,24). The van der Waals surface area contributed by atoms with Crippen molar-refractivity contribution in [3.8, 4) is 0 Å². The van der Waals surface area contributed by atoms with Crippen molar-refractivity contribution >= 4 is 5.91 Å². The fraction of sp³-hybridized carbons (Fsp3) is 0.375. The Bertz CT molecular complexity index is 711. The number of nitrogens with one attached hydrogen (secondary N) is 2. The van der Waals surface area contributed by atoms with Gasteiger partial charge in [-0.2, -0.15) is 18.3 Å². The number of rotatable bonds is 5. The van der Waals surface area contributed by atoms with E-state index in [1.54, 1.807) is 25.0 Å². The van der Waals surface area contributed by atoms with Crippen molar-refractivity contribution in [3.63, 3.8) is 0 Å². The number of halogens is 3. The Morgan fingerprint density at radius 1 is 1.29 bits per heavy atom. The molecule has 0 bridgehead atoms. The van der Waals surface area contributed by atoms with Gasteiger partial charge in [0, 0.05) is 18.8 Å². The van der Waals surface area contributed by atoms with Crippen molar-refractivity contribution in [2.24, 2.45) is 7.05 Å². The van der Waals surface area contributed by atoms with Gasteiger partial charge in [0.1, 0.15) is 6.04 Å². The van der Waals surface area contributed by atoms with Crippen LogP contribution in [0.4, 0.5) is 13.2 Å². The van der Waals surface area contributed by atoms with Gasteiger partial charge in [-0.3, -0.25) is 9.48 Å². The highest BCUT2D eigenvalue weighted by atomic mass is 19.4. The number of hydrogen-bond acceptors (Lipinski definition) is 3. The third-order valence-corrected chi connectivity index (χ3v) is 3.70. The molecule has 24 heavy (non-hydrogen) atoms. The van der Waals surface area contributed by atoms with Gasteiger partial charge in [-0.05, 0) is 25.6 Å². The Labute approximate surface area is 137 Å². The van der Waals surface area contributed by atoms with Gasteiger partial charge in [-0.1, -0.05) is 18.2 Å². The monoisotopic (exact) mass is 340 g/mol. The number of carbonyl (C=O) groups is 1. The van der Waals surface area contributed by atoms with Crippen molar-refractivity contribution < 1.29 is 18.0 Å². The van der Waals surface area contributed by atoms with Gasteiger partial charge in [-0.25, -0.2) is 0 Å². The number of aromatic nitrogens is 2. The van der Waals surface area contributed by atoms with Crippen molar-refractivity contribution in [2.75, 3.05) is 7.05 Å². The number of benzene rings is 1. The third-order valence-electron chi connectivity index (χ3n) is 3.70. The summed E-state index contributed by atoms with van der Waals surface area (Å²) in [4.78, 5) is 12.4. The summed E-state index contributed by atoms with van der Waals surface area (Å²) in [5, 5.41) is 9.47. The second-order valence-electron chi connectivity index (χ2n) is 5.48. The lowest BCUT2D eigenvalue weighted by atomic mass is 10.0. The molecule has 0 radical (unpaired) electrons. The molecule has 2 atom stereocenters. The second kappa shape index (κ2) is 7.04. The first-order valence-electron chi connectivity index (χ1n) is 7.36. The molecule has 0 aliphatic heterocycles. The van der Waals surface area contributed by atoms with Crippen LogP contribution in [-0.2, 0) is 18.0 Å². The lowest BCUT2D eigenvalue weighted by Crippen LogP contribution is -2.37. The summed E-state index contributed by atoms with van der Waals surface area (Å²) in [5.41, 5.74) is -0.0895. The molecule has 2 unspecified atom stereocenters. The molecule has 0 spiro atoms. The predicted octanol–water partition coefficient (Wildman–Crippen LogP) is 2.58. The third kappa shape index (κ3) is 3.94. The highest BCUT2D eigenvalue weighted by Crippen LogP contribution is 2.34. The van der Waals surface area contributed by atoms with E-state index in [0.29, 0.717) is 5.56 Å². The zero-order valence-corrected chi connectivity index (χ0v) is 13.6. The van der Waals surface area contributed by atoms with Gasteiger partial charge in [0.15, 0.2) is 0 Å². The fourth-order valence-corrected chi connectivity index (χ4v) is 2.55. The molecule has 1 amide bonds. The minimum absolute atomic E-state index is 0.0272. The Morgan fingerprint density at radius 3 is 2.50 bits per heavy atom. The van der Waals surface area contributed by atoms with Crippen LogP contribution in [0.1, 0.15) is 35.7 Å². The van der Waals surface area contributed by atoms with Crippen LogP contribution in [0.15, 0.2) is 36.7 Å². The molecule has 2 N–H and O–H groups in total. The van der Waals surface area contributed by atoms with Crippen molar-refractivity contribution in [1.82, 2.24) is 20.4 Å². The number of amides is 1. The van der Waals surface area contributed by atoms with Crippen LogP contribution >= 0.6 is 0 Å². The summed E-state index contributed by atoms with van der Waals surface area (Å²) in [7, 11) is 3.32. The average molecular weight is 340 g/mol. The van der Waals surface area contributed by atoms with Gasteiger partial charge in [0.05, 0.1) is 17.8 Å². The predicted molar refractivity (Wildman–Crippen MR) is 83.0 cm³/mol. The molecule has 2 aromatic rings. The maximum Gasteiger partial charge on any atom is 0.416 e. The average Bonchev–Trinajstić information content (AvgIpc) is 2.93. The van der Waals surface area contributed by atoms with E-state index in [4.69, 9.17) is 0 Å². The zero-order chi connectivity index (χ0) is 17.9. The number of carbonyl (C=O) groups excluding carboxylic acids is 1. The molecule has 0 aliphatic rings. The minimum Gasteiger partial charge on any atom is -0.348 e. The molecule has 0 saturated heterocycles. The quantitative estimate of drug-likeness (QED) is 0.880. The maximum atomic E-state index is 13.1. The number of alkyl halides is 3. The summed E-state index contributed by atoms with van der Waals surface area (Å²) in [6.07, 6.45) is -1.26. The highest BCUT2D eigenvalue weighted by molar-refractivity contribution is 5.83. The molecule has 0 aliphatic carbocycles. The Balaban J connectivity index is 2.20. The van der Waals surface area contributed by atoms with Crippen molar-refractivity contribution in [2.45, 2.75) is 25.2 Å². The molecule has 1 heterocycles. The molecule has 0 fully saturated rings. The fourth-order valence-electron chi connectivity index (χ4n) is 2.55. The van der Waals surface area contributed by atoms with Crippen LogP contribution in [-0.4, -0.2) is 22.7 Å². The van der Waals surface area contributed by atoms with Gasteiger partial charge >= 0.3 is 6.18 Å². The first-order chi connectivity index (χ1) is 11.2. The van der Waals surface area contributed by atoms with Crippen LogP contribution in [0, 0.1) is 0 Å². The second-order valence-corrected chi connectivity index (χ2v) is 5.48. The number of nitrogens with zero attached hydrogens (tertiary/aromatic N) is 2. The zero-order valence-electron chi connectivity index (χ0n) is 13.6. The number of likely N-dealkylation sites (N-methyl/N-ethyl adjacent to an activating group) is 1. The highest BCUT2D eigenvalue weighted by Gasteiger charge is 2.34. The van der Waals surface area contributed by atoms with Crippen LogP contribution in [0.3, 0.4) is 0 Å². The van der Waals surface area contributed by atoms with Crippen LogP contribution in [0.25, 0.3) is 0 Å². The molecular weight excluding hydrogens is 321 g/mol. The van der Waals surface area contributed by atoms with Crippen molar-refractivity contribution in [3.05, 3.63) is 53.3 Å². The smallest absolute Gasteiger partial charge is 0.348 e. The van der Waals surface area contributed by atoms with E-state index in [-0.39, 0.29) is 5.56 Å². The van der Waals surface area contributed by atoms with E-state index < -0.39 is 29.7 Å². The van der Waals surface area contributed by atoms with Gasteiger partial charge < -0.3 is 10.6 Å². The van der Waals surface area contributed by atoms with E-state index in [1.807, 2.05) is 0 Å². The lowest BCUT2D eigenvalue weighted by Gasteiger charge is -2.22. The summed E-state index contributed by atoms with van der Waals surface area (Å²) in [5.74, 6) is -0.421. The Kier molecular flexibility index (Phi) is 5.28. The summed E-state index contributed by atoms with van der Waals surface area (Å²) < 4.78 is 40.9. The molecular formula is C16H19F3N4O. The molecule has 1 aromatic heterocycles. The SMILES string of the molecule is CNC(C(=O)NC(C)c1ccccc1C(F)(F)F)c1cnn(C)c1. The van der Waals surface area contributed by atoms with E-state index in [9.17, 15) is 18.0 Å². The molecule has 8 heteroatoms. The minimum atomic E-state index is -4.47. The lowest BCUT2D eigenvalue weighted by molar-refractivity contribution is -0.138. The molecule has 130 valence electrons. The van der Waals surface area contributed by atoms with Crippen LogP contribution < -0.4 is 10.6 Å². The Morgan fingerprint density at radius 2 is 1.96 bits per heavy atom. The van der Waals surface area contributed by atoms with Crippen LogP contribution in [0.5, 0.6) is 0 Å². The van der Waals surface area contributed by atoms with E-state index in [2.05, 4.69) is 15.7 Å². The number of aryl methyl sites for hydroxylation is 1. The van der Waals surface area contributed by atoms with Crippen LogP contribution in [0.2, 0.25) is 0 Å². The van der Waals surface area contributed by atoms with Crippen molar-refractivity contribution in [1.29, 1.82) is 0 Å². The first-order valence-corrected chi connectivity index (χ1v) is 7.36. The van der Waals surface area contributed by atoms with Gasteiger partial charge in [-0.15, -0.1) is 0 Å². The normalized spacial score (nSPS) is 14.2. The van der Waals surface area contributed by atoms with E-state index in [0.717, 1.165) is 6.07 Å². The summed E-state index contributed by atoms with van der Waals surface area (Å²) in [6.45, 7) is 1.53. The largest absolute Gasteiger partial charge is 0.416 e. The molecule has 2 rings (SSSR count). The first kappa shape index (κ1) is 18.0. The van der Waals surface area contributed by atoms with Gasteiger partial charge in [0.25, 0.3) is 0 Å². The summed E-state index contributed by atoms with van der Waals surface area (Å²) >= 11 is 0. The molecule has 5 nitrogen and oxygen atoms in total. The number of hydrogen-bond donors (Lipinski definition) is 2. The Hall–Kier alpha value is -2.35. The topological polar surface area (TPSA) is 59.0 Å². The summed E-state index contributed by atoms with van der Waals surface area (Å²) in [6, 6.07) is 3.74. The molecule has 0 saturated carbocycles. The van der Waals surface area contributed by atoms with E-state index >= 15 is 0 Å².